The normalized spacial score (nSPS) is 17.7. The average Bonchev–Trinajstić information content (AvgIpc) is 2.72. The molecule has 2 heteroatoms. The molecule has 1 aromatic rings. The SMILES string of the molecule is C(=C\c1ccccc1)/COCCN1CCCCCC1. The van der Waals surface area contributed by atoms with Gasteiger partial charge >= 0.3 is 0 Å². The van der Waals surface area contributed by atoms with E-state index in [0.717, 1.165) is 13.2 Å². The van der Waals surface area contributed by atoms with Crippen LogP contribution in [0.4, 0.5) is 0 Å². The van der Waals surface area contributed by atoms with Crippen molar-refractivity contribution in [2.75, 3.05) is 32.8 Å². The van der Waals surface area contributed by atoms with Gasteiger partial charge in [-0.15, -0.1) is 0 Å². The fourth-order valence-corrected chi connectivity index (χ4v) is 2.45. The highest BCUT2D eigenvalue weighted by molar-refractivity contribution is 5.48. The van der Waals surface area contributed by atoms with E-state index in [0.29, 0.717) is 6.61 Å². The molecule has 1 fully saturated rings. The molecule has 104 valence electrons. The van der Waals surface area contributed by atoms with E-state index in [2.05, 4.69) is 41.3 Å². The Kier molecular flexibility index (Phi) is 6.69. The molecule has 0 amide bonds. The lowest BCUT2D eigenvalue weighted by Crippen LogP contribution is -2.28. The van der Waals surface area contributed by atoms with Gasteiger partial charge in [0.1, 0.15) is 0 Å². The van der Waals surface area contributed by atoms with E-state index in [9.17, 15) is 0 Å². The van der Waals surface area contributed by atoms with Crippen LogP contribution in [0.2, 0.25) is 0 Å². The third-order valence-electron chi connectivity index (χ3n) is 3.57. The zero-order valence-corrected chi connectivity index (χ0v) is 11.8. The summed E-state index contributed by atoms with van der Waals surface area (Å²) in [5, 5.41) is 0. The van der Waals surface area contributed by atoms with Crippen molar-refractivity contribution in [3.8, 4) is 0 Å². The molecule has 0 unspecified atom stereocenters. The lowest BCUT2D eigenvalue weighted by Gasteiger charge is -2.19. The molecule has 1 aliphatic rings. The van der Waals surface area contributed by atoms with Crippen molar-refractivity contribution in [3.63, 3.8) is 0 Å². The van der Waals surface area contributed by atoms with Crippen molar-refractivity contribution in [2.24, 2.45) is 0 Å². The van der Waals surface area contributed by atoms with Crippen molar-refractivity contribution in [1.29, 1.82) is 0 Å². The predicted molar refractivity (Wildman–Crippen MR) is 81.2 cm³/mol. The summed E-state index contributed by atoms with van der Waals surface area (Å²) < 4.78 is 5.67. The molecule has 0 aromatic heterocycles. The minimum Gasteiger partial charge on any atom is -0.376 e. The van der Waals surface area contributed by atoms with Crippen LogP contribution in [0.1, 0.15) is 31.2 Å². The molecule has 1 aromatic carbocycles. The fourth-order valence-electron chi connectivity index (χ4n) is 2.45. The van der Waals surface area contributed by atoms with E-state index in [1.165, 1.54) is 44.3 Å². The highest BCUT2D eigenvalue weighted by atomic mass is 16.5. The quantitative estimate of drug-likeness (QED) is 0.724. The number of hydrogen-bond donors (Lipinski definition) is 0. The summed E-state index contributed by atoms with van der Waals surface area (Å²) in [5.41, 5.74) is 1.23. The first-order valence-corrected chi connectivity index (χ1v) is 7.47. The molecule has 0 aliphatic carbocycles. The number of benzene rings is 1. The van der Waals surface area contributed by atoms with E-state index in [4.69, 9.17) is 4.74 Å². The maximum Gasteiger partial charge on any atom is 0.0651 e. The largest absolute Gasteiger partial charge is 0.376 e. The Hall–Kier alpha value is -1.12. The average molecular weight is 259 g/mol. The Balaban J connectivity index is 1.55. The monoisotopic (exact) mass is 259 g/mol. The Morgan fingerprint density at radius 3 is 2.47 bits per heavy atom. The summed E-state index contributed by atoms with van der Waals surface area (Å²) in [4.78, 5) is 2.54. The van der Waals surface area contributed by atoms with E-state index >= 15 is 0 Å². The number of likely N-dealkylation sites (tertiary alicyclic amines) is 1. The van der Waals surface area contributed by atoms with Crippen LogP contribution in [0.3, 0.4) is 0 Å². The third-order valence-corrected chi connectivity index (χ3v) is 3.57. The molecule has 2 rings (SSSR count). The summed E-state index contributed by atoms with van der Waals surface area (Å²) in [6.07, 6.45) is 9.72. The van der Waals surface area contributed by atoms with E-state index in [1.807, 2.05) is 6.07 Å². The van der Waals surface area contributed by atoms with Gasteiger partial charge in [-0.3, -0.25) is 0 Å². The summed E-state index contributed by atoms with van der Waals surface area (Å²) in [6.45, 7) is 5.15. The van der Waals surface area contributed by atoms with Gasteiger partial charge in [-0.1, -0.05) is 55.3 Å². The molecular weight excluding hydrogens is 234 g/mol. The van der Waals surface area contributed by atoms with Gasteiger partial charge in [-0.2, -0.15) is 0 Å². The highest BCUT2D eigenvalue weighted by Crippen LogP contribution is 2.08. The molecule has 0 N–H and O–H groups in total. The van der Waals surface area contributed by atoms with Gasteiger partial charge in [0.05, 0.1) is 13.2 Å². The Morgan fingerprint density at radius 1 is 1.00 bits per heavy atom. The highest BCUT2D eigenvalue weighted by Gasteiger charge is 2.07. The van der Waals surface area contributed by atoms with Crippen LogP contribution in [0.15, 0.2) is 36.4 Å². The molecule has 2 nitrogen and oxygen atoms in total. The lowest BCUT2D eigenvalue weighted by atomic mass is 10.2. The van der Waals surface area contributed by atoms with Gasteiger partial charge in [-0.25, -0.2) is 0 Å². The van der Waals surface area contributed by atoms with Crippen molar-refractivity contribution >= 4 is 6.08 Å². The third kappa shape index (κ3) is 6.04. The molecule has 1 heterocycles. The number of ether oxygens (including phenoxy) is 1. The van der Waals surface area contributed by atoms with Gasteiger partial charge in [-0.05, 0) is 31.5 Å². The zero-order valence-electron chi connectivity index (χ0n) is 11.8. The van der Waals surface area contributed by atoms with Gasteiger partial charge < -0.3 is 9.64 Å². The number of hydrogen-bond acceptors (Lipinski definition) is 2. The van der Waals surface area contributed by atoms with E-state index in [1.54, 1.807) is 0 Å². The summed E-state index contributed by atoms with van der Waals surface area (Å²) in [7, 11) is 0. The second kappa shape index (κ2) is 8.89. The molecule has 0 bridgehead atoms. The lowest BCUT2D eigenvalue weighted by molar-refractivity contribution is 0.125. The summed E-state index contributed by atoms with van der Waals surface area (Å²) >= 11 is 0. The molecule has 1 aliphatic heterocycles. The van der Waals surface area contributed by atoms with Gasteiger partial charge in [0.15, 0.2) is 0 Å². The molecule has 0 spiro atoms. The molecule has 0 atom stereocenters. The molecular formula is C17H25NO. The first kappa shape index (κ1) is 14.3. The van der Waals surface area contributed by atoms with Crippen LogP contribution in [0, 0.1) is 0 Å². The Bertz CT molecular complexity index is 353. The number of nitrogens with zero attached hydrogens (tertiary/aromatic N) is 1. The van der Waals surface area contributed by atoms with Crippen LogP contribution in [-0.2, 0) is 4.74 Å². The minimum atomic E-state index is 0.711. The molecule has 0 saturated carbocycles. The van der Waals surface area contributed by atoms with Crippen molar-refractivity contribution in [2.45, 2.75) is 25.7 Å². The number of rotatable bonds is 6. The summed E-state index contributed by atoms with van der Waals surface area (Å²) in [5.74, 6) is 0. The Labute approximate surface area is 117 Å². The second-order valence-corrected chi connectivity index (χ2v) is 5.14. The van der Waals surface area contributed by atoms with E-state index in [-0.39, 0.29) is 0 Å². The topological polar surface area (TPSA) is 12.5 Å². The Morgan fingerprint density at radius 2 is 1.74 bits per heavy atom. The maximum atomic E-state index is 5.67. The van der Waals surface area contributed by atoms with Crippen molar-refractivity contribution < 1.29 is 4.74 Å². The fraction of sp³-hybridized carbons (Fsp3) is 0.529. The van der Waals surface area contributed by atoms with Crippen LogP contribution in [-0.4, -0.2) is 37.7 Å². The molecule has 19 heavy (non-hydrogen) atoms. The maximum absolute atomic E-state index is 5.67. The predicted octanol–water partition coefficient (Wildman–Crippen LogP) is 3.59. The van der Waals surface area contributed by atoms with Crippen LogP contribution < -0.4 is 0 Å². The van der Waals surface area contributed by atoms with Gasteiger partial charge in [0, 0.05) is 6.54 Å². The molecule has 1 saturated heterocycles. The molecule has 0 radical (unpaired) electrons. The van der Waals surface area contributed by atoms with Crippen molar-refractivity contribution in [1.82, 2.24) is 4.90 Å². The van der Waals surface area contributed by atoms with Gasteiger partial charge in [0.25, 0.3) is 0 Å². The van der Waals surface area contributed by atoms with Crippen LogP contribution in [0.25, 0.3) is 6.08 Å². The van der Waals surface area contributed by atoms with Crippen molar-refractivity contribution in [3.05, 3.63) is 42.0 Å². The second-order valence-electron chi connectivity index (χ2n) is 5.14. The van der Waals surface area contributed by atoms with E-state index < -0.39 is 0 Å². The zero-order chi connectivity index (χ0) is 13.2. The smallest absolute Gasteiger partial charge is 0.0651 e. The standard InChI is InChI=1S/C17H25NO/c1-2-7-13-18(12-6-1)14-16-19-15-8-11-17-9-4-3-5-10-17/h3-5,8-11H,1-2,6-7,12-16H2/b11-8+. The first-order valence-electron chi connectivity index (χ1n) is 7.47. The first-order chi connectivity index (χ1) is 9.45. The summed E-state index contributed by atoms with van der Waals surface area (Å²) in [6, 6.07) is 10.4. The minimum absolute atomic E-state index is 0.711. The van der Waals surface area contributed by atoms with Gasteiger partial charge in [0.2, 0.25) is 0 Å². The van der Waals surface area contributed by atoms with Crippen LogP contribution in [0.5, 0.6) is 0 Å². The van der Waals surface area contributed by atoms with Crippen LogP contribution >= 0.6 is 0 Å².